The van der Waals surface area contributed by atoms with Crippen molar-refractivity contribution in [3.63, 3.8) is 0 Å². The van der Waals surface area contributed by atoms with E-state index in [2.05, 4.69) is 41.5 Å². The maximum atomic E-state index is 8.00. The Hall–Kier alpha value is 0.694. The summed E-state index contributed by atoms with van der Waals surface area (Å²) < 4.78 is 0. The molecule has 0 amide bonds. The number of hydrogen-bond donors (Lipinski definition) is 0. The van der Waals surface area contributed by atoms with Crippen LogP contribution in [-0.4, -0.2) is 50.5 Å². The van der Waals surface area contributed by atoms with Crippen LogP contribution in [-0.2, 0) is 26.1 Å². The van der Waals surface area contributed by atoms with Crippen molar-refractivity contribution >= 4 is 29.4 Å². The molecule has 5 heteroatoms. The summed E-state index contributed by atoms with van der Waals surface area (Å²) in [6, 6.07) is 0. The van der Waals surface area contributed by atoms with Gasteiger partial charge < -0.3 is 9.59 Å². The van der Waals surface area contributed by atoms with Gasteiger partial charge in [0.05, 0.1) is 0 Å². The van der Waals surface area contributed by atoms with Crippen LogP contribution in [0.15, 0.2) is 0 Å². The molecular weight excluding hydrogens is 1470 g/mol. The standard InChI is InChI=1S/2C54H111P.2CH2O.Ni/c2*1-4-7-10-13-16-19-22-25-28-31-34-37-40-43-46-49-52-55(53-50-47-44-41-38-35-32-29-26-23-20-17-14-11-8-5-2)54-51-48-45-42-39-36-33-30-27-24-21-18-15-12-9-6-3;2*1-2;/h2*4-54H2,1-3H3;2*1H2;. The van der Waals surface area contributed by atoms with Crippen LogP contribution >= 0.6 is 15.8 Å². The topological polar surface area (TPSA) is 34.1 Å². The van der Waals surface area contributed by atoms with E-state index in [0.29, 0.717) is 15.8 Å². The van der Waals surface area contributed by atoms with Crippen molar-refractivity contribution in [2.75, 3.05) is 37.0 Å². The second kappa shape index (κ2) is 125. The first-order valence-corrected chi connectivity index (χ1v) is 58.5. The molecule has 0 heterocycles. The van der Waals surface area contributed by atoms with Crippen LogP contribution in [0.3, 0.4) is 0 Å². The number of unbranched alkanes of at least 4 members (excludes halogenated alkanes) is 90. The second-order valence-electron chi connectivity index (χ2n) is 37.5. The van der Waals surface area contributed by atoms with Crippen LogP contribution in [0.2, 0.25) is 0 Å². The van der Waals surface area contributed by atoms with Crippen molar-refractivity contribution in [1.29, 1.82) is 0 Å². The van der Waals surface area contributed by atoms with Gasteiger partial charge in [-0.3, -0.25) is 0 Å². The minimum Gasteiger partial charge on any atom is -0.307 e. The van der Waals surface area contributed by atoms with Gasteiger partial charge in [0.15, 0.2) is 0 Å². The Labute approximate surface area is 745 Å². The van der Waals surface area contributed by atoms with Crippen molar-refractivity contribution in [2.24, 2.45) is 0 Å². The molecule has 0 spiro atoms. The Bertz CT molecular complexity index is 1250. The molecule has 0 rings (SSSR count). The predicted octanol–water partition coefficient (Wildman–Crippen LogP) is 42.1. The molecule has 698 valence electrons. The van der Waals surface area contributed by atoms with Crippen LogP contribution < -0.4 is 0 Å². The van der Waals surface area contributed by atoms with E-state index in [1.165, 1.54) is 578 Å². The zero-order chi connectivity index (χ0) is 83.3. The molecule has 0 aliphatic heterocycles. The zero-order valence-electron chi connectivity index (χ0n) is 81.6. The van der Waals surface area contributed by atoms with Crippen LogP contribution in [0.25, 0.3) is 0 Å². The van der Waals surface area contributed by atoms with Gasteiger partial charge in [0.2, 0.25) is 0 Å². The first kappa shape index (κ1) is 124. The average Bonchev–Trinajstić information content (AvgIpc) is 1.00. The van der Waals surface area contributed by atoms with Gasteiger partial charge in [0, 0.05) is 16.5 Å². The number of rotatable bonds is 102. The summed E-state index contributed by atoms with van der Waals surface area (Å²) in [6.07, 6.45) is 153. The summed E-state index contributed by atoms with van der Waals surface area (Å²) in [6.45, 7) is 17.9. The molecule has 0 aliphatic carbocycles. The van der Waals surface area contributed by atoms with E-state index >= 15 is 0 Å². The maximum absolute atomic E-state index is 8.00. The predicted molar refractivity (Wildman–Crippen MR) is 535 cm³/mol. The SMILES string of the molecule is C=O.C=O.CCCCCCCCCCCCCCCCCCP(CCCCCCCCCCCCCCCCCC)CCCCCCCCCCCCCCCCCC.CCCCCCCCCCCCCCCCCCP(CCCCCCCCCCCCCCCCCC)CCCCCCCCCCCCCCCCCC.[Ni]. The third-order valence-electron chi connectivity index (χ3n) is 26.0. The van der Waals surface area contributed by atoms with E-state index in [-0.39, 0.29) is 16.5 Å². The van der Waals surface area contributed by atoms with Gasteiger partial charge in [-0.2, -0.15) is 0 Å². The van der Waals surface area contributed by atoms with Gasteiger partial charge in [-0.25, -0.2) is 0 Å². The van der Waals surface area contributed by atoms with Crippen LogP contribution in [0.1, 0.15) is 658 Å². The first-order chi connectivity index (χ1) is 56.7. The Morgan fingerprint density at radius 2 is 0.157 bits per heavy atom. The minimum absolute atomic E-state index is 0. The number of hydrogen-bond acceptors (Lipinski definition) is 2. The molecular formula is C110H226NiO2P2. The fourth-order valence-corrected chi connectivity index (χ4v) is 23.3. The first-order valence-electron chi connectivity index (χ1n) is 54.7. The van der Waals surface area contributed by atoms with Gasteiger partial charge in [-0.05, 0) is 75.5 Å². The third kappa shape index (κ3) is 123. The van der Waals surface area contributed by atoms with E-state index < -0.39 is 0 Å². The van der Waals surface area contributed by atoms with E-state index in [1.807, 2.05) is 13.6 Å². The average molecular weight is 1700 g/mol. The minimum atomic E-state index is 0. The molecule has 0 atom stereocenters. The molecule has 0 N–H and O–H groups in total. The Morgan fingerprint density at radius 3 is 0.217 bits per heavy atom. The smallest absolute Gasteiger partial charge is 0.106 e. The summed E-state index contributed by atoms with van der Waals surface area (Å²) in [7, 11) is 0.623. The molecule has 0 saturated heterocycles. The monoisotopic (exact) mass is 1700 g/mol. The summed E-state index contributed by atoms with van der Waals surface area (Å²) >= 11 is 0. The van der Waals surface area contributed by atoms with E-state index in [9.17, 15) is 0 Å². The molecule has 0 bridgehead atoms. The molecule has 0 aliphatic rings. The van der Waals surface area contributed by atoms with Crippen molar-refractivity contribution in [3.8, 4) is 0 Å². The molecule has 0 aromatic carbocycles. The Kier molecular flexibility index (Phi) is 136. The van der Waals surface area contributed by atoms with Crippen LogP contribution in [0, 0.1) is 0 Å². The maximum Gasteiger partial charge on any atom is 0.106 e. The fourth-order valence-electron chi connectivity index (χ4n) is 18.0. The van der Waals surface area contributed by atoms with Crippen molar-refractivity contribution in [3.05, 3.63) is 0 Å². The Morgan fingerprint density at radius 1 is 0.104 bits per heavy atom. The molecule has 0 saturated carbocycles. The van der Waals surface area contributed by atoms with E-state index in [0.717, 1.165) is 0 Å². The normalized spacial score (nSPS) is 11.3. The van der Waals surface area contributed by atoms with Crippen molar-refractivity contribution in [1.82, 2.24) is 0 Å². The summed E-state index contributed by atoms with van der Waals surface area (Å²) in [4.78, 5) is 16.0. The second-order valence-corrected chi connectivity index (χ2v) is 42.9. The summed E-state index contributed by atoms with van der Waals surface area (Å²) in [5, 5.41) is 0. The molecule has 0 aromatic rings. The van der Waals surface area contributed by atoms with Gasteiger partial charge >= 0.3 is 0 Å². The third-order valence-corrected chi connectivity index (χ3v) is 31.7. The summed E-state index contributed by atoms with van der Waals surface area (Å²) in [5.74, 6) is 0. The van der Waals surface area contributed by atoms with Gasteiger partial charge in [-0.1, -0.05) is 619 Å². The fraction of sp³-hybridized carbons (Fsp3) is 0.982. The largest absolute Gasteiger partial charge is 0.307 e. The van der Waals surface area contributed by atoms with Gasteiger partial charge in [0.1, 0.15) is 13.6 Å². The van der Waals surface area contributed by atoms with Gasteiger partial charge in [0.25, 0.3) is 0 Å². The van der Waals surface area contributed by atoms with E-state index in [4.69, 9.17) is 9.59 Å². The zero-order valence-corrected chi connectivity index (χ0v) is 84.3. The molecule has 2 nitrogen and oxygen atoms in total. The van der Waals surface area contributed by atoms with Crippen LogP contribution in [0.5, 0.6) is 0 Å². The molecule has 115 heavy (non-hydrogen) atoms. The molecule has 0 radical (unpaired) electrons. The molecule has 0 unspecified atom stereocenters. The number of carbonyl (C=O) groups excluding carboxylic acids is 2. The Balaban J connectivity index is -0.000000666. The summed E-state index contributed by atoms with van der Waals surface area (Å²) in [5.41, 5.74) is 0. The quantitative estimate of drug-likeness (QED) is 0.0345. The van der Waals surface area contributed by atoms with E-state index in [1.54, 1.807) is 75.5 Å². The van der Waals surface area contributed by atoms with Crippen LogP contribution in [0.4, 0.5) is 0 Å². The van der Waals surface area contributed by atoms with Crippen molar-refractivity contribution in [2.45, 2.75) is 658 Å². The molecule has 0 fully saturated rings. The number of carbonyl (C=O) groups is 2. The van der Waals surface area contributed by atoms with Crippen molar-refractivity contribution < 1.29 is 26.1 Å². The van der Waals surface area contributed by atoms with Gasteiger partial charge in [-0.15, -0.1) is 15.8 Å². The molecule has 0 aromatic heterocycles.